The molecule has 0 radical (unpaired) electrons. The van der Waals surface area contributed by atoms with Crippen LogP contribution in [0.25, 0.3) is 0 Å². The molecule has 33 heavy (non-hydrogen) atoms. The molecule has 0 aliphatic heterocycles. The molecule has 1 aliphatic rings. The number of rotatable bonds is 7. The molecular formula is C24H23N3O5S. The lowest BCUT2D eigenvalue weighted by molar-refractivity contribution is -0.386. The molecule has 2 N–H and O–H groups in total. The maximum absolute atomic E-state index is 13.2. The van der Waals surface area contributed by atoms with Crippen molar-refractivity contribution in [3.05, 3.63) is 79.7 Å². The fourth-order valence-corrected chi connectivity index (χ4v) is 5.09. The molecule has 1 aliphatic carbocycles. The van der Waals surface area contributed by atoms with Crippen molar-refractivity contribution in [1.29, 1.82) is 0 Å². The Bertz CT molecular complexity index is 1220. The Morgan fingerprint density at radius 3 is 2.76 bits per heavy atom. The number of hydrogen-bond acceptors (Lipinski definition) is 7. The van der Waals surface area contributed by atoms with Crippen molar-refractivity contribution in [1.82, 2.24) is 5.32 Å². The number of thiophene rings is 1. The first kappa shape index (κ1) is 22.5. The minimum absolute atomic E-state index is 0.0167. The van der Waals surface area contributed by atoms with E-state index in [0.717, 1.165) is 41.7 Å². The van der Waals surface area contributed by atoms with Crippen molar-refractivity contribution in [2.75, 3.05) is 7.11 Å². The number of aryl methyl sites for hydroxylation is 1. The van der Waals surface area contributed by atoms with E-state index < -0.39 is 16.4 Å². The van der Waals surface area contributed by atoms with Crippen LogP contribution in [0.4, 0.5) is 10.7 Å². The number of amides is 1. The number of nitro benzene ring substituents is 1. The summed E-state index contributed by atoms with van der Waals surface area (Å²) >= 11 is 1.48. The number of aromatic hydroxyl groups is 1. The van der Waals surface area contributed by atoms with E-state index in [1.165, 1.54) is 36.8 Å². The molecule has 8 nitrogen and oxygen atoms in total. The van der Waals surface area contributed by atoms with E-state index in [4.69, 9.17) is 4.74 Å². The minimum atomic E-state index is -0.679. The van der Waals surface area contributed by atoms with Crippen molar-refractivity contribution < 1.29 is 19.6 Å². The third kappa shape index (κ3) is 4.88. The molecule has 0 fully saturated rings. The van der Waals surface area contributed by atoms with E-state index in [1.54, 1.807) is 0 Å². The van der Waals surface area contributed by atoms with Gasteiger partial charge in [0.15, 0.2) is 5.75 Å². The van der Waals surface area contributed by atoms with Gasteiger partial charge in [0.2, 0.25) is 5.75 Å². The number of hydrogen-bond donors (Lipinski definition) is 2. The molecule has 0 saturated carbocycles. The SMILES string of the molecule is COc1cc(C=Nc2sc3c(c2C(=O)NCc2ccccc2)CCCC3)cc([N+](=O)[O-])c1O. The van der Waals surface area contributed by atoms with Gasteiger partial charge in [-0.2, -0.15) is 0 Å². The number of fused-ring (bicyclic) bond motifs is 1. The van der Waals surface area contributed by atoms with E-state index in [-0.39, 0.29) is 11.7 Å². The summed E-state index contributed by atoms with van der Waals surface area (Å²) in [6.07, 6.45) is 5.29. The number of nitrogens with one attached hydrogen (secondary N) is 1. The van der Waals surface area contributed by atoms with Crippen LogP contribution in [0, 0.1) is 10.1 Å². The number of carbonyl (C=O) groups excluding carboxylic acids is 1. The first-order valence-electron chi connectivity index (χ1n) is 10.5. The molecule has 1 aromatic heterocycles. The summed E-state index contributed by atoms with van der Waals surface area (Å²) in [4.78, 5) is 29.4. The summed E-state index contributed by atoms with van der Waals surface area (Å²) in [7, 11) is 1.32. The highest BCUT2D eigenvalue weighted by atomic mass is 32.1. The first-order valence-corrected chi connectivity index (χ1v) is 11.4. The van der Waals surface area contributed by atoms with Crippen molar-refractivity contribution in [2.45, 2.75) is 32.2 Å². The molecule has 1 amide bonds. The van der Waals surface area contributed by atoms with Gasteiger partial charge in [-0.05, 0) is 42.9 Å². The zero-order valence-electron chi connectivity index (χ0n) is 18.0. The predicted octanol–water partition coefficient (Wildman–Crippen LogP) is 4.93. The average molecular weight is 466 g/mol. The average Bonchev–Trinajstić information content (AvgIpc) is 3.20. The summed E-state index contributed by atoms with van der Waals surface area (Å²) in [6.45, 7) is 0.412. The molecule has 0 saturated heterocycles. The summed E-state index contributed by atoms with van der Waals surface area (Å²) in [5.41, 5.74) is 2.53. The van der Waals surface area contributed by atoms with Crippen LogP contribution in [-0.2, 0) is 19.4 Å². The fraction of sp³-hybridized carbons (Fsp3) is 0.250. The van der Waals surface area contributed by atoms with Gasteiger partial charge in [-0.3, -0.25) is 14.9 Å². The smallest absolute Gasteiger partial charge is 0.315 e. The zero-order chi connectivity index (χ0) is 23.4. The van der Waals surface area contributed by atoms with Crippen molar-refractivity contribution in [3.8, 4) is 11.5 Å². The summed E-state index contributed by atoms with van der Waals surface area (Å²) in [5.74, 6) is -0.733. The summed E-state index contributed by atoms with van der Waals surface area (Å²) < 4.78 is 5.05. The lowest BCUT2D eigenvalue weighted by atomic mass is 9.95. The standard InChI is InChI=1S/C24H23N3O5S/c1-32-19-12-16(11-18(22(19)28)27(30)31)14-26-24-21(17-9-5-6-10-20(17)33-24)23(29)25-13-15-7-3-2-4-8-15/h2-4,7-8,11-12,14,28H,5-6,9-10,13H2,1H3,(H,25,29). The number of benzene rings is 2. The molecule has 0 unspecified atom stereocenters. The topological polar surface area (TPSA) is 114 Å². The largest absolute Gasteiger partial charge is 0.500 e. The Labute approximate surface area is 194 Å². The van der Waals surface area contributed by atoms with Crippen LogP contribution in [0.1, 0.15) is 44.8 Å². The van der Waals surface area contributed by atoms with Crippen LogP contribution in [0.3, 0.4) is 0 Å². The highest BCUT2D eigenvalue weighted by Gasteiger charge is 2.25. The van der Waals surface area contributed by atoms with Crippen molar-refractivity contribution in [3.63, 3.8) is 0 Å². The van der Waals surface area contributed by atoms with Gasteiger partial charge in [-0.1, -0.05) is 30.3 Å². The molecule has 9 heteroatoms. The quantitative estimate of drug-likeness (QED) is 0.292. The monoisotopic (exact) mass is 465 g/mol. The Hall–Kier alpha value is -3.72. The van der Waals surface area contributed by atoms with Crippen molar-refractivity contribution in [2.24, 2.45) is 4.99 Å². The number of methoxy groups -OCH3 is 1. The zero-order valence-corrected chi connectivity index (χ0v) is 18.9. The van der Waals surface area contributed by atoms with Crippen LogP contribution >= 0.6 is 11.3 Å². The van der Waals surface area contributed by atoms with E-state index in [2.05, 4.69) is 10.3 Å². The Morgan fingerprint density at radius 1 is 1.27 bits per heavy atom. The van der Waals surface area contributed by atoms with E-state index >= 15 is 0 Å². The van der Waals surface area contributed by atoms with E-state index in [0.29, 0.717) is 22.7 Å². The molecule has 3 aromatic rings. The summed E-state index contributed by atoms with van der Waals surface area (Å²) in [5, 5.41) is 24.8. The minimum Gasteiger partial charge on any atom is -0.500 e. The Balaban J connectivity index is 1.66. The Morgan fingerprint density at radius 2 is 2.03 bits per heavy atom. The van der Waals surface area contributed by atoms with Gasteiger partial charge < -0.3 is 15.2 Å². The van der Waals surface area contributed by atoms with Gasteiger partial charge in [0.1, 0.15) is 5.00 Å². The highest BCUT2D eigenvalue weighted by Crippen LogP contribution is 2.40. The molecule has 2 aromatic carbocycles. The highest BCUT2D eigenvalue weighted by molar-refractivity contribution is 7.16. The maximum Gasteiger partial charge on any atom is 0.315 e. The number of phenolic OH excluding ortho intramolecular Hbond substituents is 1. The van der Waals surface area contributed by atoms with Gasteiger partial charge in [0, 0.05) is 29.3 Å². The maximum atomic E-state index is 13.2. The van der Waals surface area contributed by atoms with Gasteiger partial charge in [-0.15, -0.1) is 11.3 Å². The number of nitro groups is 1. The third-order valence-electron chi connectivity index (χ3n) is 5.50. The lowest BCUT2D eigenvalue weighted by Gasteiger charge is -2.12. The molecule has 0 atom stereocenters. The van der Waals surface area contributed by atoms with Crippen LogP contribution in [0.5, 0.6) is 11.5 Å². The van der Waals surface area contributed by atoms with Gasteiger partial charge >= 0.3 is 5.69 Å². The summed E-state index contributed by atoms with van der Waals surface area (Å²) in [6, 6.07) is 12.4. The van der Waals surface area contributed by atoms with Crippen LogP contribution in [-0.4, -0.2) is 29.3 Å². The molecule has 0 bridgehead atoms. The first-order chi connectivity index (χ1) is 16.0. The molecule has 170 valence electrons. The second kappa shape index (κ2) is 9.83. The van der Waals surface area contributed by atoms with Gasteiger partial charge in [-0.25, -0.2) is 4.99 Å². The predicted molar refractivity (Wildman–Crippen MR) is 127 cm³/mol. The van der Waals surface area contributed by atoms with Crippen LogP contribution in [0.15, 0.2) is 47.5 Å². The number of nitrogens with zero attached hydrogens (tertiary/aromatic N) is 2. The lowest BCUT2D eigenvalue weighted by Crippen LogP contribution is -2.24. The second-order valence-corrected chi connectivity index (χ2v) is 8.75. The fourth-order valence-electron chi connectivity index (χ4n) is 3.86. The van der Waals surface area contributed by atoms with Gasteiger partial charge in [0.25, 0.3) is 5.91 Å². The van der Waals surface area contributed by atoms with E-state index in [1.807, 2.05) is 30.3 Å². The Kier molecular flexibility index (Phi) is 6.69. The number of ether oxygens (including phenoxy) is 1. The van der Waals surface area contributed by atoms with Crippen LogP contribution < -0.4 is 10.1 Å². The van der Waals surface area contributed by atoms with Gasteiger partial charge in [0.05, 0.1) is 17.6 Å². The third-order valence-corrected chi connectivity index (χ3v) is 6.70. The molecular weight excluding hydrogens is 442 g/mol. The molecule has 1 heterocycles. The molecule has 4 rings (SSSR count). The number of carbonyl (C=O) groups is 1. The van der Waals surface area contributed by atoms with Crippen LogP contribution in [0.2, 0.25) is 0 Å². The van der Waals surface area contributed by atoms with Crippen molar-refractivity contribution >= 4 is 34.1 Å². The van der Waals surface area contributed by atoms with E-state index in [9.17, 15) is 20.0 Å². The molecule has 0 spiro atoms. The second-order valence-electron chi connectivity index (χ2n) is 7.67. The number of phenols is 1. The normalized spacial score (nSPS) is 13.0. The number of aliphatic imine (C=N–C) groups is 1.